The molecular weight excluding hydrogens is 326 g/mol. The molecule has 0 bridgehead atoms. The quantitative estimate of drug-likeness (QED) is 0.480. The number of fused-ring (bicyclic) bond motifs is 2. The van der Waals surface area contributed by atoms with Gasteiger partial charge in [0.1, 0.15) is 0 Å². The summed E-state index contributed by atoms with van der Waals surface area (Å²) >= 11 is 1.68. The number of halogens is 1. The topological polar surface area (TPSA) is 37.8 Å². The lowest BCUT2D eigenvalue weighted by Gasteiger charge is -2.11. The smallest absolute Gasteiger partial charge is 0.187 e. The van der Waals surface area contributed by atoms with Crippen molar-refractivity contribution in [3.05, 3.63) is 59.1 Å². The highest BCUT2D eigenvalue weighted by molar-refractivity contribution is 7.15. The van der Waals surface area contributed by atoms with Gasteiger partial charge in [-0.05, 0) is 26.0 Å². The highest BCUT2D eigenvalue weighted by Crippen LogP contribution is 2.34. The number of rotatable bonds is 2. The van der Waals surface area contributed by atoms with E-state index in [4.69, 9.17) is 4.98 Å². The van der Waals surface area contributed by atoms with Gasteiger partial charge in [0, 0.05) is 15.6 Å². The summed E-state index contributed by atoms with van der Waals surface area (Å²) in [5.41, 5.74) is 4.15. The molecule has 2 aromatic carbocycles. The van der Waals surface area contributed by atoms with E-state index in [-0.39, 0.29) is 12.4 Å². The number of benzene rings is 2. The lowest BCUT2D eigenvalue weighted by atomic mass is 10.1. The van der Waals surface area contributed by atoms with Crippen molar-refractivity contribution in [2.45, 2.75) is 13.8 Å². The SMILES string of the molecule is Cc1nc(Nc2c3ccccc3nc3ccccc23)sc1C.Cl. The van der Waals surface area contributed by atoms with Crippen molar-refractivity contribution in [3.8, 4) is 0 Å². The second kappa shape index (κ2) is 6.14. The first-order chi connectivity index (χ1) is 10.7. The van der Waals surface area contributed by atoms with Gasteiger partial charge >= 0.3 is 0 Å². The monoisotopic (exact) mass is 341 g/mol. The van der Waals surface area contributed by atoms with Crippen molar-refractivity contribution in [2.24, 2.45) is 0 Å². The van der Waals surface area contributed by atoms with Gasteiger partial charge in [-0.25, -0.2) is 9.97 Å². The number of hydrogen-bond donors (Lipinski definition) is 1. The third kappa shape index (κ3) is 2.76. The Morgan fingerprint density at radius 3 is 1.91 bits per heavy atom. The maximum atomic E-state index is 4.75. The maximum Gasteiger partial charge on any atom is 0.187 e. The van der Waals surface area contributed by atoms with Crippen molar-refractivity contribution < 1.29 is 0 Å². The van der Waals surface area contributed by atoms with Gasteiger partial charge in [-0.15, -0.1) is 23.7 Å². The van der Waals surface area contributed by atoms with E-state index in [1.165, 1.54) is 4.88 Å². The van der Waals surface area contributed by atoms with Gasteiger partial charge in [-0.2, -0.15) is 0 Å². The molecule has 0 amide bonds. The van der Waals surface area contributed by atoms with Crippen LogP contribution >= 0.6 is 23.7 Å². The van der Waals surface area contributed by atoms with Crippen LogP contribution in [0.2, 0.25) is 0 Å². The van der Waals surface area contributed by atoms with E-state index in [1.54, 1.807) is 11.3 Å². The van der Waals surface area contributed by atoms with Crippen LogP contribution in [-0.2, 0) is 0 Å². The van der Waals surface area contributed by atoms with Crippen molar-refractivity contribution in [2.75, 3.05) is 5.32 Å². The molecule has 1 N–H and O–H groups in total. The fourth-order valence-corrected chi connectivity index (χ4v) is 3.43. The Labute approximate surface area is 144 Å². The molecule has 0 atom stereocenters. The van der Waals surface area contributed by atoms with Crippen LogP contribution in [0.4, 0.5) is 10.8 Å². The zero-order chi connectivity index (χ0) is 15.1. The van der Waals surface area contributed by atoms with Gasteiger partial charge in [0.05, 0.1) is 22.4 Å². The van der Waals surface area contributed by atoms with E-state index in [0.717, 1.165) is 38.3 Å². The van der Waals surface area contributed by atoms with Crippen LogP contribution in [0.5, 0.6) is 0 Å². The van der Waals surface area contributed by atoms with Gasteiger partial charge in [0.25, 0.3) is 0 Å². The van der Waals surface area contributed by atoms with Crippen LogP contribution in [0.25, 0.3) is 21.8 Å². The second-order valence-electron chi connectivity index (χ2n) is 5.31. The fourth-order valence-electron chi connectivity index (χ4n) is 2.61. The van der Waals surface area contributed by atoms with E-state index in [9.17, 15) is 0 Å². The number of thiazole rings is 1. The predicted octanol–water partition coefficient (Wildman–Crippen LogP) is 5.63. The van der Waals surface area contributed by atoms with E-state index in [0.29, 0.717) is 0 Å². The molecule has 0 aliphatic heterocycles. The van der Waals surface area contributed by atoms with Gasteiger partial charge in [-0.3, -0.25) is 0 Å². The molecule has 23 heavy (non-hydrogen) atoms. The van der Waals surface area contributed by atoms with Crippen molar-refractivity contribution in [1.82, 2.24) is 9.97 Å². The van der Waals surface area contributed by atoms with Crippen molar-refractivity contribution in [1.29, 1.82) is 0 Å². The number of para-hydroxylation sites is 2. The zero-order valence-electron chi connectivity index (χ0n) is 12.8. The molecule has 4 rings (SSSR count). The van der Waals surface area contributed by atoms with E-state index >= 15 is 0 Å². The number of anilines is 2. The Morgan fingerprint density at radius 2 is 1.39 bits per heavy atom. The van der Waals surface area contributed by atoms with Crippen LogP contribution in [0, 0.1) is 13.8 Å². The first-order valence-corrected chi connectivity index (χ1v) is 8.02. The molecule has 0 saturated heterocycles. The van der Waals surface area contributed by atoms with Crippen molar-refractivity contribution >= 4 is 56.4 Å². The highest BCUT2D eigenvalue weighted by Gasteiger charge is 2.11. The first kappa shape index (κ1) is 15.7. The molecule has 0 aliphatic carbocycles. The second-order valence-corrected chi connectivity index (χ2v) is 6.51. The first-order valence-electron chi connectivity index (χ1n) is 7.21. The molecule has 4 aromatic rings. The van der Waals surface area contributed by atoms with E-state index in [2.05, 4.69) is 29.4 Å². The molecule has 5 heteroatoms. The Hall–Kier alpha value is -2.17. The Morgan fingerprint density at radius 1 is 0.826 bits per heavy atom. The minimum absolute atomic E-state index is 0. The number of nitrogens with zero attached hydrogens (tertiary/aromatic N) is 2. The number of hydrogen-bond acceptors (Lipinski definition) is 4. The van der Waals surface area contributed by atoms with Crippen LogP contribution in [0.3, 0.4) is 0 Å². The average molecular weight is 342 g/mol. The lowest BCUT2D eigenvalue weighted by Crippen LogP contribution is -1.94. The summed E-state index contributed by atoms with van der Waals surface area (Å²) in [6, 6.07) is 16.4. The lowest BCUT2D eigenvalue weighted by molar-refractivity contribution is 1.23. The molecule has 3 nitrogen and oxygen atoms in total. The predicted molar refractivity (Wildman–Crippen MR) is 101 cm³/mol. The summed E-state index contributed by atoms with van der Waals surface area (Å²) in [7, 11) is 0. The number of aryl methyl sites for hydroxylation is 2. The number of pyridine rings is 1. The summed E-state index contributed by atoms with van der Waals surface area (Å²) in [4.78, 5) is 10.6. The Bertz CT molecular complexity index is 921. The van der Waals surface area contributed by atoms with Gasteiger partial charge in [-0.1, -0.05) is 36.4 Å². The summed E-state index contributed by atoms with van der Waals surface area (Å²) in [5.74, 6) is 0. The van der Waals surface area contributed by atoms with Gasteiger partial charge in [0.2, 0.25) is 0 Å². The summed E-state index contributed by atoms with van der Waals surface area (Å²) in [6.45, 7) is 4.14. The standard InChI is InChI=1S/C18H15N3S.ClH/c1-11-12(2)22-18(19-11)21-17-13-7-3-5-9-15(13)20-16-10-6-4-8-14(16)17;/h3-10H,1-2H3,(H,19,20,21);1H. The van der Waals surface area contributed by atoms with Crippen LogP contribution < -0.4 is 5.32 Å². The molecular formula is C18H16ClN3S. The largest absolute Gasteiger partial charge is 0.330 e. The third-order valence-corrected chi connectivity index (χ3v) is 4.84. The molecule has 116 valence electrons. The Balaban J connectivity index is 0.00000156. The number of nitrogens with one attached hydrogen (secondary N) is 1. The molecule has 0 spiro atoms. The van der Waals surface area contributed by atoms with Crippen LogP contribution in [0.1, 0.15) is 10.6 Å². The fraction of sp³-hybridized carbons (Fsp3) is 0.111. The molecule has 2 heterocycles. The molecule has 0 radical (unpaired) electrons. The molecule has 0 aliphatic rings. The highest BCUT2D eigenvalue weighted by atomic mass is 35.5. The van der Waals surface area contributed by atoms with Gasteiger partial charge < -0.3 is 5.32 Å². The summed E-state index contributed by atoms with van der Waals surface area (Å²) in [5, 5.41) is 6.68. The molecule has 0 fully saturated rings. The number of aromatic nitrogens is 2. The van der Waals surface area contributed by atoms with Crippen molar-refractivity contribution in [3.63, 3.8) is 0 Å². The third-order valence-electron chi connectivity index (χ3n) is 3.85. The van der Waals surface area contributed by atoms with E-state index in [1.807, 2.05) is 43.3 Å². The van der Waals surface area contributed by atoms with Gasteiger partial charge in [0.15, 0.2) is 5.13 Å². The summed E-state index contributed by atoms with van der Waals surface area (Å²) < 4.78 is 0. The molecule has 0 saturated carbocycles. The summed E-state index contributed by atoms with van der Waals surface area (Å²) in [6.07, 6.45) is 0. The minimum Gasteiger partial charge on any atom is -0.330 e. The molecule has 0 unspecified atom stereocenters. The van der Waals surface area contributed by atoms with Crippen LogP contribution in [0.15, 0.2) is 48.5 Å². The van der Waals surface area contributed by atoms with E-state index < -0.39 is 0 Å². The minimum atomic E-state index is 0. The normalized spacial score (nSPS) is 10.7. The zero-order valence-corrected chi connectivity index (χ0v) is 14.5. The Kier molecular flexibility index (Phi) is 4.20. The van der Waals surface area contributed by atoms with Crippen LogP contribution in [-0.4, -0.2) is 9.97 Å². The maximum absolute atomic E-state index is 4.75. The molecule has 2 aromatic heterocycles. The average Bonchev–Trinajstić information content (AvgIpc) is 2.85.